The van der Waals surface area contributed by atoms with Gasteiger partial charge >= 0.3 is 0 Å². The fourth-order valence-corrected chi connectivity index (χ4v) is 2.61. The van der Waals surface area contributed by atoms with Crippen LogP contribution in [0.25, 0.3) is 0 Å². The van der Waals surface area contributed by atoms with Crippen molar-refractivity contribution in [3.05, 3.63) is 64.2 Å². The molecule has 0 aliphatic heterocycles. The van der Waals surface area contributed by atoms with Crippen molar-refractivity contribution >= 4 is 23.2 Å². The highest BCUT2D eigenvalue weighted by Gasteiger charge is 2.18. The number of benzene rings is 2. The van der Waals surface area contributed by atoms with Gasteiger partial charge in [0.15, 0.2) is 0 Å². The summed E-state index contributed by atoms with van der Waals surface area (Å²) in [7, 11) is 1.53. The third-order valence-electron chi connectivity index (χ3n) is 2.99. The molecule has 1 nitrogen and oxygen atoms in total. The third-order valence-corrected chi connectivity index (χ3v) is 3.71. The minimum atomic E-state index is -0.625. The zero-order chi connectivity index (χ0) is 14.7. The molecule has 0 spiro atoms. The van der Waals surface area contributed by atoms with Gasteiger partial charge in [0.05, 0.1) is 12.5 Å². The van der Waals surface area contributed by atoms with Gasteiger partial charge in [-0.15, -0.1) is 11.6 Å². The summed E-state index contributed by atoms with van der Waals surface area (Å²) in [6, 6.07) is 8.74. The number of methoxy groups -OCH3 is 1. The first kappa shape index (κ1) is 15.1. The molecule has 0 fully saturated rings. The highest BCUT2D eigenvalue weighted by molar-refractivity contribution is 6.33. The lowest BCUT2D eigenvalue weighted by atomic mass is 10.0. The Morgan fingerprint density at radius 2 is 1.80 bits per heavy atom. The van der Waals surface area contributed by atoms with Crippen LogP contribution in [0.3, 0.4) is 0 Å². The first-order valence-electron chi connectivity index (χ1n) is 5.93. The number of ether oxygens (including phenoxy) is 1. The fraction of sp³-hybridized carbons (Fsp3) is 0.200. The van der Waals surface area contributed by atoms with Crippen molar-refractivity contribution in [2.45, 2.75) is 11.8 Å². The van der Waals surface area contributed by atoms with E-state index in [1.165, 1.54) is 25.3 Å². The van der Waals surface area contributed by atoms with E-state index in [0.29, 0.717) is 16.3 Å². The predicted octanol–water partition coefficient (Wildman–Crippen LogP) is 5.15. The number of hydrogen-bond donors (Lipinski definition) is 0. The van der Waals surface area contributed by atoms with E-state index in [-0.39, 0.29) is 12.0 Å². The summed E-state index contributed by atoms with van der Waals surface area (Å²) in [5.74, 6) is -0.625. The number of alkyl halides is 1. The van der Waals surface area contributed by atoms with E-state index in [2.05, 4.69) is 0 Å². The molecule has 0 radical (unpaired) electrons. The maximum atomic E-state index is 13.6. The molecule has 0 amide bonds. The molecule has 2 aromatic rings. The van der Waals surface area contributed by atoms with Crippen molar-refractivity contribution in [2.24, 2.45) is 0 Å². The molecule has 20 heavy (non-hydrogen) atoms. The highest BCUT2D eigenvalue weighted by atomic mass is 35.5. The summed E-state index contributed by atoms with van der Waals surface area (Å²) in [5.41, 5.74) is 0.566. The van der Waals surface area contributed by atoms with Gasteiger partial charge in [0.1, 0.15) is 17.4 Å². The van der Waals surface area contributed by atoms with Crippen molar-refractivity contribution in [1.82, 2.24) is 0 Å². The minimum absolute atomic E-state index is 0.0200. The van der Waals surface area contributed by atoms with Crippen LogP contribution in [-0.4, -0.2) is 7.11 Å². The van der Waals surface area contributed by atoms with E-state index in [1.807, 2.05) is 0 Å². The zero-order valence-electron chi connectivity index (χ0n) is 10.7. The van der Waals surface area contributed by atoms with Gasteiger partial charge in [-0.25, -0.2) is 8.78 Å². The lowest BCUT2D eigenvalue weighted by Crippen LogP contribution is -2.02. The first-order chi connectivity index (χ1) is 9.52. The molecule has 1 unspecified atom stereocenters. The molecule has 2 aromatic carbocycles. The second-order valence-corrected chi connectivity index (χ2v) is 5.19. The molecule has 1 atom stereocenters. The van der Waals surface area contributed by atoms with Crippen LogP contribution in [0.15, 0.2) is 36.4 Å². The third kappa shape index (κ3) is 3.22. The summed E-state index contributed by atoms with van der Waals surface area (Å²) < 4.78 is 32.2. The largest absolute Gasteiger partial charge is 0.497 e. The molecule has 0 N–H and O–H groups in total. The minimum Gasteiger partial charge on any atom is -0.497 e. The topological polar surface area (TPSA) is 9.23 Å². The lowest BCUT2D eigenvalue weighted by molar-refractivity contribution is 0.414. The number of hydrogen-bond acceptors (Lipinski definition) is 1. The quantitative estimate of drug-likeness (QED) is 0.709. The molecule has 106 valence electrons. The molecule has 0 aliphatic rings. The molecule has 0 aliphatic carbocycles. The number of rotatable bonds is 4. The predicted molar refractivity (Wildman–Crippen MR) is 76.7 cm³/mol. The Kier molecular flexibility index (Phi) is 4.84. The van der Waals surface area contributed by atoms with E-state index in [9.17, 15) is 8.78 Å². The molecule has 0 heterocycles. The van der Waals surface area contributed by atoms with Gasteiger partial charge in [-0.3, -0.25) is 0 Å². The monoisotopic (exact) mass is 316 g/mol. The normalized spacial score (nSPS) is 12.2. The average molecular weight is 317 g/mol. The van der Waals surface area contributed by atoms with E-state index in [0.717, 1.165) is 0 Å². The standard InChI is InChI=1S/C15H12Cl2F2O/c1-20-9-5-6-10(12(16)7-9)13(17)8-11-14(18)3-2-4-15(11)19/h2-7,13H,8H2,1H3. The fourth-order valence-electron chi connectivity index (χ4n) is 1.91. The Bertz CT molecular complexity index is 597. The number of halogens is 4. The van der Waals surface area contributed by atoms with Gasteiger partial charge in [0.25, 0.3) is 0 Å². The summed E-state index contributed by atoms with van der Waals surface area (Å²) >= 11 is 12.3. The molecule has 5 heteroatoms. The van der Waals surface area contributed by atoms with Gasteiger partial charge in [0, 0.05) is 10.6 Å². The Hall–Kier alpha value is -1.32. The SMILES string of the molecule is COc1ccc(C(Cl)Cc2c(F)cccc2F)c(Cl)c1. The lowest BCUT2D eigenvalue weighted by Gasteiger charge is -2.14. The molecule has 0 saturated heterocycles. The molecule has 0 saturated carbocycles. The summed E-state index contributed by atoms with van der Waals surface area (Å²) in [6.07, 6.45) is 0.0200. The van der Waals surface area contributed by atoms with Gasteiger partial charge < -0.3 is 4.74 Å². The first-order valence-corrected chi connectivity index (χ1v) is 6.74. The van der Waals surface area contributed by atoms with Gasteiger partial charge in [-0.05, 0) is 36.2 Å². The average Bonchev–Trinajstić information content (AvgIpc) is 2.42. The molecule has 0 bridgehead atoms. The summed E-state index contributed by atoms with van der Waals surface area (Å²) in [5, 5.41) is -0.221. The molecule has 2 rings (SSSR count). The van der Waals surface area contributed by atoms with E-state index >= 15 is 0 Å². The molecular formula is C15H12Cl2F2O. The Morgan fingerprint density at radius 3 is 2.35 bits per heavy atom. The van der Waals surface area contributed by atoms with Crippen LogP contribution in [0.5, 0.6) is 5.75 Å². The van der Waals surface area contributed by atoms with Crippen LogP contribution in [0.4, 0.5) is 8.78 Å². The Balaban J connectivity index is 2.26. The van der Waals surface area contributed by atoms with Crippen molar-refractivity contribution in [3.63, 3.8) is 0 Å². The summed E-state index contributed by atoms with van der Waals surface area (Å²) in [6.45, 7) is 0. The van der Waals surface area contributed by atoms with Crippen molar-refractivity contribution in [2.75, 3.05) is 7.11 Å². The Morgan fingerprint density at radius 1 is 1.15 bits per heavy atom. The van der Waals surface area contributed by atoms with Gasteiger partial charge in [-0.2, -0.15) is 0 Å². The maximum Gasteiger partial charge on any atom is 0.129 e. The van der Waals surface area contributed by atoms with Crippen LogP contribution in [-0.2, 0) is 6.42 Å². The van der Waals surface area contributed by atoms with E-state index in [4.69, 9.17) is 27.9 Å². The van der Waals surface area contributed by atoms with Crippen LogP contribution < -0.4 is 4.74 Å². The van der Waals surface area contributed by atoms with Crippen molar-refractivity contribution in [1.29, 1.82) is 0 Å². The zero-order valence-corrected chi connectivity index (χ0v) is 12.2. The molecular weight excluding hydrogens is 305 g/mol. The second kappa shape index (κ2) is 6.42. The smallest absolute Gasteiger partial charge is 0.129 e. The van der Waals surface area contributed by atoms with E-state index in [1.54, 1.807) is 18.2 Å². The van der Waals surface area contributed by atoms with Crippen LogP contribution in [0.2, 0.25) is 5.02 Å². The van der Waals surface area contributed by atoms with E-state index < -0.39 is 17.0 Å². The van der Waals surface area contributed by atoms with Gasteiger partial charge in [-0.1, -0.05) is 23.7 Å². The summed E-state index contributed by atoms with van der Waals surface area (Å²) in [4.78, 5) is 0. The molecule has 0 aromatic heterocycles. The van der Waals surface area contributed by atoms with Crippen LogP contribution in [0, 0.1) is 11.6 Å². The van der Waals surface area contributed by atoms with Crippen molar-refractivity contribution < 1.29 is 13.5 Å². The Labute approximate surface area is 126 Å². The maximum absolute atomic E-state index is 13.6. The van der Waals surface area contributed by atoms with Crippen LogP contribution in [0.1, 0.15) is 16.5 Å². The van der Waals surface area contributed by atoms with Crippen molar-refractivity contribution in [3.8, 4) is 5.75 Å². The second-order valence-electron chi connectivity index (χ2n) is 4.26. The highest BCUT2D eigenvalue weighted by Crippen LogP contribution is 2.34. The van der Waals surface area contributed by atoms with Crippen LogP contribution >= 0.6 is 23.2 Å². The van der Waals surface area contributed by atoms with Gasteiger partial charge in [0.2, 0.25) is 0 Å².